The molecule has 1 aliphatic heterocycles. The Labute approximate surface area is 162 Å². The lowest BCUT2D eigenvalue weighted by Crippen LogP contribution is -2.18. The molecule has 1 aliphatic carbocycles. The average Bonchev–Trinajstić information content (AvgIpc) is 3.34. The number of thiazole rings is 1. The second kappa shape index (κ2) is 8.37. The van der Waals surface area contributed by atoms with Gasteiger partial charge in [-0.25, -0.2) is 4.98 Å². The van der Waals surface area contributed by atoms with E-state index in [1.165, 1.54) is 29.1 Å². The lowest BCUT2D eigenvalue weighted by molar-refractivity contribution is -0.111. The number of carbonyl (C=O) groups excluding carboxylic acids is 1. The lowest BCUT2D eigenvalue weighted by atomic mass is 9.94. The van der Waals surface area contributed by atoms with Gasteiger partial charge in [-0.05, 0) is 49.3 Å². The number of allylic oxidation sites excluding steroid dienone is 1. The van der Waals surface area contributed by atoms with Crippen LogP contribution in [-0.2, 0) is 9.53 Å². The van der Waals surface area contributed by atoms with E-state index in [9.17, 15) is 4.79 Å². The van der Waals surface area contributed by atoms with Gasteiger partial charge < -0.3 is 4.74 Å². The van der Waals surface area contributed by atoms with E-state index in [0.29, 0.717) is 11.0 Å². The van der Waals surface area contributed by atoms with E-state index in [4.69, 9.17) is 4.74 Å². The van der Waals surface area contributed by atoms with Crippen LogP contribution in [0.1, 0.15) is 31.2 Å². The highest BCUT2D eigenvalue weighted by Crippen LogP contribution is 2.39. The fraction of sp³-hybridized carbons (Fsp3) is 0.400. The SMILES string of the molecule is O=C(Nc1nccs1)/C(=C/C1CCOCC1)c1ccc(SC2CC2)cc1. The molecule has 6 heteroatoms. The number of nitrogens with zero attached hydrogens (tertiary/aromatic N) is 1. The average molecular weight is 387 g/mol. The Morgan fingerprint density at radius 1 is 1.19 bits per heavy atom. The molecule has 0 unspecified atom stereocenters. The molecular formula is C20H22N2O2S2. The van der Waals surface area contributed by atoms with E-state index in [2.05, 4.69) is 40.6 Å². The van der Waals surface area contributed by atoms with Crippen molar-refractivity contribution in [2.75, 3.05) is 18.5 Å². The normalized spacial score (nSPS) is 18.7. The topological polar surface area (TPSA) is 51.2 Å². The van der Waals surface area contributed by atoms with Crippen LogP contribution in [0.15, 0.2) is 46.8 Å². The molecule has 26 heavy (non-hydrogen) atoms. The van der Waals surface area contributed by atoms with Gasteiger partial charge in [-0.15, -0.1) is 23.1 Å². The summed E-state index contributed by atoms with van der Waals surface area (Å²) in [4.78, 5) is 18.4. The first-order valence-corrected chi connectivity index (χ1v) is 10.8. The van der Waals surface area contributed by atoms with Crippen molar-refractivity contribution < 1.29 is 9.53 Å². The van der Waals surface area contributed by atoms with Crippen molar-refractivity contribution >= 4 is 39.7 Å². The van der Waals surface area contributed by atoms with Crippen LogP contribution in [0.3, 0.4) is 0 Å². The predicted octanol–water partition coefficient (Wildman–Crippen LogP) is 4.85. The maximum atomic E-state index is 12.9. The molecule has 2 fully saturated rings. The molecule has 1 saturated carbocycles. The van der Waals surface area contributed by atoms with Gasteiger partial charge >= 0.3 is 0 Å². The molecule has 0 spiro atoms. The quantitative estimate of drug-likeness (QED) is 0.721. The van der Waals surface area contributed by atoms with Crippen molar-refractivity contribution in [1.29, 1.82) is 0 Å². The number of hydrogen-bond acceptors (Lipinski definition) is 5. The van der Waals surface area contributed by atoms with Crippen LogP contribution in [0.4, 0.5) is 5.13 Å². The first kappa shape index (κ1) is 17.8. The molecule has 1 aromatic heterocycles. The van der Waals surface area contributed by atoms with Crippen LogP contribution in [0.2, 0.25) is 0 Å². The molecule has 1 saturated heterocycles. The van der Waals surface area contributed by atoms with Crippen molar-refractivity contribution in [3.63, 3.8) is 0 Å². The fourth-order valence-electron chi connectivity index (χ4n) is 2.96. The maximum absolute atomic E-state index is 12.9. The van der Waals surface area contributed by atoms with Crippen LogP contribution in [-0.4, -0.2) is 29.4 Å². The van der Waals surface area contributed by atoms with Gasteiger partial charge in [-0.1, -0.05) is 18.2 Å². The highest BCUT2D eigenvalue weighted by molar-refractivity contribution is 8.00. The first-order valence-electron chi connectivity index (χ1n) is 9.05. The third-order valence-corrected chi connectivity index (χ3v) is 6.60. The Bertz CT molecular complexity index is 762. The lowest BCUT2D eigenvalue weighted by Gasteiger charge is -2.20. The van der Waals surface area contributed by atoms with Crippen LogP contribution >= 0.6 is 23.1 Å². The zero-order valence-electron chi connectivity index (χ0n) is 14.5. The molecule has 1 N–H and O–H groups in total. The van der Waals surface area contributed by atoms with E-state index in [-0.39, 0.29) is 5.91 Å². The Hall–Kier alpha value is -1.63. The summed E-state index contributed by atoms with van der Waals surface area (Å²) in [6.45, 7) is 1.53. The molecular weight excluding hydrogens is 364 g/mol. The number of rotatable bonds is 6. The van der Waals surface area contributed by atoms with Gasteiger partial charge in [0, 0.05) is 40.5 Å². The molecule has 2 aliphatic rings. The number of nitrogens with one attached hydrogen (secondary N) is 1. The molecule has 1 amide bonds. The van der Waals surface area contributed by atoms with Gasteiger partial charge in [0.05, 0.1) is 0 Å². The molecule has 4 rings (SSSR count). The van der Waals surface area contributed by atoms with E-state index in [1.807, 2.05) is 17.1 Å². The van der Waals surface area contributed by atoms with Gasteiger partial charge in [-0.2, -0.15) is 0 Å². The van der Waals surface area contributed by atoms with Gasteiger partial charge in [0.1, 0.15) is 0 Å². The van der Waals surface area contributed by atoms with E-state index in [1.54, 1.807) is 6.20 Å². The van der Waals surface area contributed by atoms with Crippen molar-refractivity contribution in [3.05, 3.63) is 47.5 Å². The summed E-state index contributed by atoms with van der Waals surface area (Å²) in [5.41, 5.74) is 1.70. The summed E-state index contributed by atoms with van der Waals surface area (Å²) in [6, 6.07) is 8.40. The predicted molar refractivity (Wildman–Crippen MR) is 108 cm³/mol. The largest absolute Gasteiger partial charge is 0.381 e. The number of benzene rings is 1. The standard InChI is InChI=1S/C20H22N2O2S2/c23-19(22-20-21-9-12-25-20)18(13-14-7-10-24-11-8-14)15-1-3-16(4-2-15)26-17-5-6-17/h1-4,9,12-14,17H,5-8,10-11H2,(H,21,22,23)/b18-13+. The van der Waals surface area contributed by atoms with Gasteiger partial charge in [0.25, 0.3) is 5.91 Å². The Kier molecular flexibility index (Phi) is 5.72. The van der Waals surface area contributed by atoms with E-state index in [0.717, 1.165) is 42.4 Å². The molecule has 2 aromatic rings. The van der Waals surface area contributed by atoms with Crippen molar-refractivity contribution in [2.45, 2.75) is 35.8 Å². The van der Waals surface area contributed by atoms with Crippen LogP contribution < -0.4 is 5.32 Å². The third-order valence-electron chi connectivity index (χ3n) is 4.56. The molecule has 4 nitrogen and oxygen atoms in total. The second-order valence-electron chi connectivity index (χ2n) is 6.66. The highest BCUT2D eigenvalue weighted by atomic mass is 32.2. The molecule has 1 aromatic carbocycles. The number of aromatic nitrogens is 1. The Morgan fingerprint density at radius 3 is 2.62 bits per heavy atom. The second-order valence-corrected chi connectivity index (χ2v) is 8.93. The Morgan fingerprint density at radius 2 is 1.96 bits per heavy atom. The minimum atomic E-state index is -0.0889. The monoisotopic (exact) mass is 386 g/mol. The van der Waals surface area contributed by atoms with Crippen LogP contribution in [0, 0.1) is 5.92 Å². The minimum Gasteiger partial charge on any atom is -0.381 e. The summed E-state index contributed by atoms with van der Waals surface area (Å²) >= 11 is 3.37. The van der Waals surface area contributed by atoms with E-state index < -0.39 is 0 Å². The van der Waals surface area contributed by atoms with Crippen molar-refractivity contribution in [2.24, 2.45) is 5.92 Å². The molecule has 0 atom stereocenters. The first-order chi connectivity index (χ1) is 12.8. The van der Waals surface area contributed by atoms with Gasteiger partial charge in [-0.3, -0.25) is 10.1 Å². The smallest absolute Gasteiger partial charge is 0.257 e. The van der Waals surface area contributed by atoms with Gasteiger partial charge in [0.2, 0.25) is 0 Å². The fourth-order valence-corrected chi connectivity index (χ4v) is 4.54. The zero-order valence-corrected chi connectivity index (χ0v) is 16.2. The number of amides is 1. The number of ether oxygens (including phenoxy) is 1. The summed E-state index contributed by atoms with van der Waals surface area (Å²) in [6.07, 6.45) is 8.38. The van der Waals surface area contributed by atoms with Crippen molar-refractivity contribution in [3.8, 4) is 0 Å². The summed E-state index contributed by atoms with van der Waals surface area (Å²) in [7, 11) is 0. The number of thioether (sulfide) groups is 1. The summed E-state index contributed by atoms with van der Waals surface area (Å²) in [5, 5.41) is 6.21. The number of carbonyl (C=O) groups is 1. The van der Waals surface area contributed by atoms with Crippen LogP contribution in [0.5, 0.6) is 0 Å². The number of hydrogen-bond donors (Lipinski definition) is 1. The minimum absolute atomic E-state index is 0.0889. The van der Waals surface area contributed by atoms with E-state index >= 15 is 0 Å². The Balaban J connectivity index is 1.56. The number of anilines is 1. The van der Waals surface area contributed by atoms with Crippen molar-refractivity contribution in [1.82, 2.24) is 4.98 Å². The van der Waals surface area contributed by atoms with Gasteiger partial charge in [0.15, 0.2) is 5.13 Å². The molecule has 0 radical (unpaired) electrons. The molecule has 2 heterocycles. The van der Waals surface area contributed by atoms with Crippen LogP contribution in [0.25, 0.3) is 5.57 Å². The maximum Gasteiger partial charge on any atom is 0.257 e. The summed E-state index contributed by atoms with van der Waals surface area (Å²) < 4.78 is 5.45. The third kappa shape index (κ3) is 4.75. The molecule has 0 bridgehead atoms. The summed E-state index contributed by atoms with van der Waals surface area (Å²) in [5.74, 6) is 0.287. The molecule has 136 valence electrons. The highest BCUT2D eigenvalue weighted by Gasteiger charge is 2.23. The zero-order chi connectivity index (χ0) is 17.8.